The average molecular weight is 443 g/mol. The number of likely N-dealkylation sites (tertiary alicyclic amines) is 1. The number of amides is 1. The maximum atomic E-state index is 13.7. The Kier molecular flexibility index (Phi) is 7.14. The van der Waals surface area contributed by atoms with Gasteiger partial charge in [0.25, 0.3) is 12.0 Å². The monoisotopic (exact) mass is 442 g/mol. The van der Waals surface area contributed by atoms with Gasteiger partial charge >= 0.3 is 0 Å². The van der Waals surface area contributed by atoms with Gasteiger partial charge in [0.1, 0.15) is 5.82 Å². The number of carbonyl (C=O) groups excluding carboxylic acids is 1. The minimum absolute atomic E-state index is 0.112. The lowest BCUT2D eigenvalue weighted by Crippen LogP contribution is -2.46. The van der Waals surface area contributed by atoms with Crippen molar-refractivity contribution in [2.75, 3.05) is 18.4 Å². The van der Waals surface area contributed by atoms with Gasteiger partial charge in [-0.15, -0.1) is 0 Å². The molecule has 3 unspecified atom stereocenters. The minimum atomic E-state index is -3.29. The molecule has 0 saturated carbocycles. The average Bonchev–Trinajstić information content (AvgIpc) is 2.74. The predicted molar refractivity (Wildman–Crippen MR) is 108 cm³/mol. The van der Waals surface area contributed by atoms with Crippen molar-refractivity contribution in [3.05, 3.63) is 57.6 Å². The van der Waals surface area contributed by atoms with Crippen LogP contribution in [0.5, 0.6) is 0 Å². The molecular weight excluding hydrogens is 421 g/mol. The quantitative estimate of drug-likeness (QED) is 0.738. The van der Waals surface area contributed by atoms with Gasteiger partial charge < -0.3 is 5.32 Å². The van der Waals surface area contributed by atoms with E-state index in [0.29, 0.717) is 34.1 Å². The molecule has 0 bridgehead atoms. The van der Waals surface area contributed by atoms with Crippen molar-refractivity contribution < 1.29 is 18.0 Å². The summed E-state index contributed by atoms with van der Waals surface area (Å²) in [5, 5.41) is 3.20. The fraction of sp³-hybridized carbons (Fsp3) is 0.450. The van der Waals surface area contributed by atoms with Crippen molar-refractivity contribution in [2.45, 2.75) is 44.4 Å². The largest absolute Gasteiger partial charge is 0.309 e. The molecule has 1 saturated heterocycles. The number of hydrogen-bond acceptors (Lipinski definition) is 4. The highest BCUT2D eigenvalue weighted by atomic mass is 35.5. The fourth-order valence-electron chi connectivity index (χ4n) is 3.55. The summed E-state index contributed by atoms with van der Waals surface area (Å²) in [6.07, 6.45) is -1.86. The molecule has 3 atom stereocenters. The summed E-state index contributed by atoms with van der Waals surface area (Å²) in [4.78, 5) is 30.4. The smallest absolute Gasteiger partial charge is 0.288 e. The normalized spacial score (nSPS) is 19.5. The van der Waals surface area contributed by atoms with Gasteiger partial charge in [0.2, 0.25) is 12.2 Å². The minimum Gasteiger partial charge on any atom is -0.309 e. The third-order valence-electron chi connectivity index (χ3n) is 5.26. The van der Waals surface area contributed by atoms with Crippen LogP contribution in [-0.2, 0) is 4.79 Å². The van der Waals surface area contributed by atoms with Crippen LogP contribution in [0.4, 0.5) is 19.0 Å². The first-order valence-corrected chi connectivity index (χ1v) is 9.95. The Morgan fingerprint density at radius 1 is 1.27 bits per heavy atom. The van der Waals surface area contributed by atoms with E-state index in [1.54, 1.807) is 19.1 Å². The number of piperidine rings is 1. The van der Waals surface area contributed by atoms with Crippen LogP contribution < -0.4 is 10.9 Å². The molecule has 1 amide bonds. The highest BCUT2D eigenvalue weighted by Crippen LogP contribution is 2.28. The van der Waals surface area contributed by atoms with Crippen molar-refractivity contribution in [3.63, 3.8) is 0 Å². The number of halogens is 4. The number of rotatable bonds is 6. The second-order valence-electron chi connectivity index (χ2n) is 7.28. The van der Waals surface area contributed by atoms with Gasteiger partial charge in [0.15, 0.2) is 0 Å². The summed E-state index contributed by atoms with van der Waals surface area (Å²) in [5.41, 5.74) is -0.225. The summed E-state index contributed by atoms with van der Waals surface area (Å²) in [6, 6.07) is 5.40. The standard InChI is InChI=1S/C20H22ClF3N4O2/c1-12(20(30)26-16-6-5-15(21)9-25-16)27-8-2-3-13(10-27)14-4-7-17(29)28(11-14)19(24)18(22)23/h4-7,9,11-13,18-19H,2-3,8,10H2,1H3,(H,25,26,30). The zero-order valence-electron chi connectivity index (χ0n) is 16.3. The van der Waals surface area contributed by atoms with Gasteiger partial charge in [-0.25, -0.2) is 18.2 Å². The number of aromatic nitrogens is 2. The zero-order chi connectivity index (χ0) is 21.8. The number of hydrogen-bond donors (Lipinski definition) is 1. The molecule has 0 spiro atoms. The van der Waals surface area contributed by atoms with Crippen LogP contribution in [-0.4, -0.2) is 45.9 Å². The molecular formula is C20H22ClF3N4O2. The van der Waals surface area contributed by atoms with Crippen molar-refractivity contribution in [1.29, 1.82) is 0 Å². The Morgan fingerprint density at radius 2 is 2.03 bits per heavy atom. The van der Waals surface area contributed by atoms with Gasteiger partial charge in [-0.1, -0.05) is 17.7 Å². The zero-order valence-corrected chi connectivity index (χ0v) is 17.0. The molecule has 10 heteroatoms. The highest BCUT2D eigenvalue weighted by Gasteiger charge is 2.29. The third-order valence-corrected chi connectivity index (χ3v) is 5.49. The Labute approximate surface area is 176 Å². The van der Waals surface area contributed by atoms with E-state index in [-0.39, 0.29) is 11.8 Å². The lowest BCUT2D eigenvalue weighted by molar-refractivity contribution is -0.121. The van der Waals surface area contributed by atoms with E-state index in [2.05, 4.69) is 10.3 Å². The fourth-order valence-corrected chi connectivity index (χ4v) is 3.66. The molecule has 3 heterocycles. The molecule has 30 heavy (non-hydrogen) atoms. The number of anilines is 1. The van der Waals surface area contributed by atoms with Crippen molar-refractivity contribution >= 4 is 23.3 Å². The van der Waals surface area contributed by atoms with Crippen molar-refractivity contribution in [3.8, 4) is 0 Å². The lowest BCUT2D eigenvalue weighted by atomic mass is 9.91. The van der Waals surface area contributed by atoms with E-state index in [1.807, 2.05) is 4.90 Å². The molecule has 1 N–H and O–H groups in total. The molecule has 3 rings (SSSR count). The molecule has 1 fully saturated rings. The van der Waals surface area contributed by atoms with E-state index in [9.17, 15) is 22.8 Å². The van der Waals surface area contributed by atoms with Crippen LogP contribution in [0.1, 0.15) is 37.5 Å². The maximum absolute atomic E-state index is 13.7. The number of nitrogens with zero attached hydrogens (tertiary/aromatic N) is 3. The summed E-state index contributed by atoms with van der Waals surface area (Å²) >= 11 is 5.79. The Morgan fingerprint density at radius 3 is 2.70 bits per heavy atom. The molecule has 0 radical (unpaired) electrons. The molecule has 1 aliphatic rings. The Balaban J connectivity index is 1.70. The van der Waals surface area contributed by atoms with Crippen LogP contribution in [0.15, 0.2) is 41.5 Å². The molecule has 1 aliphatic heterocycles. The van der Waals surface area contributed by atoms with Gasteiger partial charge in [0, 0.05) is 25.0 Å². The summed E-state index contributed by atoms with van der Waals surface area (Å²) in [5.74, 6) is 0.0363. The second-order valence-corrected chi connectivity index (χ2v) is 7.71. The highest BCUT2D eigenvalue weighted by molar-refractivity contribution is 6.30. The van der Waals surface area contributed by atoms with E-state index in [4.69, 9.17) is 11.6 Å². The van der Waals surface area contributed by atoms with Crippen LogP contribution >= 0.6 is 11.6 Å². The molecule has 0 aliphatic carbocycles. The summed E-state index contributed by atoms with van der Waals surface area (Å²) in [6.45, 7) is 2.93. The van der Waals surface area contributed by atoms with Crippen LogP contribution in [0.3, 0.4) is 0 Å². The molecule has 6 nitrogen and oxygen atoms in total. The number of nitrogens with one attached hydrogen (secondary N) is 1. The van der Waals surface area contributed by atoms with E-state index in [1.165, 1.54) is 12.3 Å². The summed E-state index contributed by atoms with van der Waals surface area (Å²) < 4.78 is 39.6. The SMILES string of the molecule is CC(C(=O)Nc1ccc(Cl)cn1)N1CCCC(c2ccc(=O)n(C(F)C(F)F)c2)C1. The van der Waals surface area contributed by atoms with Crippen LogP contribution in [0.25, 0.3) is 0 Å². The number of pyridine rings is 2. The first kappa shape index (κ1) is 22.3. The maximum Gasteiger partial charge on any atom is 0.288 e. The second kappa shape index (κ2) is 9.61. The van der Waals surface area contributed by atoms with Gasteiger partial charge in [-0.2, -0.15) is 0 Å². The van der Waals surface area contributed by atoms with Gasteiger partial charge in [-0.05, 0) is 49.9 Å². The molecule has 2 aromatic heterocycles. The van der Waals surface area contributed by atoms with E-state index < -0.39 is 24.3 Å². The van der Waals surface area contributed by atoms with E-state index in [0.717, 1.165) is 25.1 Å². The number of alkyl halides is 3. The van der Waals surface area contributed by atoms with Gasteiger partial charge in [-0.3, -0.25) is 19.1 Å². The topological polar surface area (TPSA) is 67.2 Å². The molecule has 0 aromatic carbocycles. The third kappa shape index (κ3) is 5.20. The van der Waals surface area contributed by atoms with Crippen LogP contribution in [0, 0.1) is 0 Å². The van der Waals surface area contributed by atoms with Crippen molar-refractivity contribution in [1.82, 2.24) is 14.5 Å². The first-order chi connectivity index (χ1) is 14.3. The number of carbonyl (C=O) groups is 1. The summed E-state index contributed by atoms with van der Waals surface area (Å²) in [7, 11) is 0. The van der Waals surface area contributed by atoms with E-state index >= 15 is 0 Å². The molecule has 162 valence electrons. The lowest BCUT2D eigenvalue weighted by Gasteiger charge is -2.36. The van der Waals surface area contributed by atoms with Crippen LogP contribution in [0.2, 0.25) is 5.02 Å². The van der Waals surface area contributed by atoms with Gasteiger partial charge in [0.05, 0.1) is 11.1 Å². The molecule has 2 aromatic rings. The Hall–Kier alpha value is -2.39. The van der Waals surface area contributed by atoms with Crippen molar-refractivity contribution in [2.24, 2.45) is 0 Å². The Bertz CT molecular complexity index is 938. The first-order valence-electron chi connectivity index (χ1n) is 9.57. The predicted octanol–water partition coefficient (Wildman–Crippen LogP) is 3.84.